The Morgan fingerprint density at radius 3 is 2.51 bits per heavy atom. The van der Waals surface area contributed by atoms with Crippen LogP contribution in [0, 0.1) is 5.92 Å². The number of aliphatic hydroxyl groups is 2. The summed E-state index contributed by atoms with van der Waals surface area (Å²) in [5.41, 5.74) is 7.18. The van der Waals surface area contributed by atoms with Gasteiger partial charge in [-0.25, -0.2) is 14.6 Å². The number of para-hydroxylation sites is 1. The molecule has 17 nitrogen and oxygen atoms in total. The van der Waals surface area contributed by atoms with Crippen molar-refractivity contribution in [2.24, 2.45) is 11.7 Å². The molecule has 18 heteroatoms. The highest BCUT2D eigenvalue weighted by atomic mass is 32.1. The van der Waals surface area contributed by atoms with E-state index in [2.05, 4.69) is 16.0 Å². The second kappa shape index (κ2) is 19.1. The number of aliphatic hydroxyl groups excluding tert-OH is 2. The second-order valence-electron chi connectivity index (χ2n) is 16.5. The van der Waals surface area contributed by atoms with Gasteiger partial charge in [-0.3, -0.25) is 9.59 Å². The van der Waals surface area contributed by atoms with Crippen LogP contribution in [0.15, 0.2) is 65.5 Å². The van der Waals surface area contributed by atoms with Crippen molar-refractivity contribution in [2.75, 3.05) is 19.0 Å². The van der Waals surface area contributed by atoms with Gasteiger partial charge in [-0.05, 0) is 99.8 Å². The van der Waals surface area contributed by atoms with E-state index in [1.807, 2.05) is 44.2 Å². The Hall–Kier alpha value is -5.50. The van der Waals surface area contributed by atoms with Crippen molar-refractivity contribution >= 4 is 51.8 Å². The van der Waals surface area contributed by atoms with Gasteiger partial charge in [0.25, 0.3) is 5.56 Å². The highest BCUT2D eigenvalue weighted by Gasteiger charge is 2.51. The molecule has 5 heterocycles. The van der Waals surface area contributed by atoms with E-state index in [-0.39, 0.29) is 66.7 Å². The van der Waals surface area contributed by atoms with Gasteiger partial charge in [0.1, 0.15) is 42.8 Å². The molecule has 3 aliphatic heterocycles. The van der Waals surface area contributed by atoms with Gasteiger partial charge in [-0.15, -0.1) is 0 Å². The molecular formula is C45H54N6O11S. The Bertz CT molecular complexity index is 2430. The zero-order valence-electron chi connectivity index (χ0n) is 35.8. The number of aromatic nitrogens is 2. The third-order valence-electron chi connectivity index (χ3n) is 11.7. The molecule has 7 rings (SSSR count). The fourth-order valence-electron chi connectivity index (χ4n) is 8.32. The number of nitrogens with one attached hydrogen (secondary N) is 3. The number of hydrogen-bond donors (Lipinski definition) is 6. The number of carbonyl (C=O) groups excluding carboxylic acids is 3. The fraction of sp³-hybridized carbons (Fsp3) is 0.467. The molecule has 2 aromatic heterocycles. The van der Waals surface area contributed by atoms with Crippen molar-refractivity contribution in [3.63, 3.8) is 0 Å². The summed E-state index contributed by atoms with van der Waals surface area (Å²) in [6.07, 6.45) is -4.07. The van der Waals surface area contributed by atoms with Crippen LogP contribution >= 0.6 is 12.2 Å². The quantitative estimate of drug-likeness (QED) is 0.0655. The van der Waals surface area contributed by atoms with Gasteiger partial charge in [0.15, 0.2) is 5.11 Å². The van der Waals surface area contributed by atoms with E-state index < -0.39 is 66.2 Å². The van der Waals surface area contributed by atoms with E-state index in [4.69, 9.17) is 46.6 Å². The van der Waals surface area contributed by atoms with Crippen LogP contribution in [-0.4, -0.2) is 99.2 Å². The predicted molar refractivity (Wildman–Crippen MR) is 235 cm³/mol. The minimum Gasteiger partial charge on any atom is -0.462 e. The second-order valence-corrected chi connectivity index (χ2v) is 16.9. The number of anilines is 1. The van der Waals surface area contributed by atoms with Crippen molar-refractivity contribution < 1.29 is 48.3 Å². The number of benzene rings is 2. The van der Waals surface area contributed by atoms with Crippen LogP contribution < -0.4 is 32.0 Å². The van der Waals surface area contributed by atoms with E-state index in [0.717, 1.165) is 16.5 Å². The molecule has 1 amide bonds. The maximum atomic E-state index is 14.3. The zero-order chi connectivity index (χ0) is 45.2. The molecule has 0 aliphatic carbocycles. The molecule has 0 bridgehead atoms. The van der Waals surface area contributed by atoms with Gasteiger partial charge < -0.3 is 60.1 Å². The number of hydrogen-bond acceptors (Lipinski definition) is 14. The van der Waals surface area contributed by atoms with Crippen LogP contribution in [-0.2, 0) is 52.1 Å². The standard InChI is InChI=1S/C45H54N6O11S/c1-6-45(30-20-34-35-26(19-25-10-7-8-11-31(25)48-35)21-51(34)40(55)29(30)22-59-43(45)57)62-41(56)33(18-23(2)3)49-39(54)32(12-9-17-46)50-44(63)47-27-13-15-28(16-14-27)61-42-37(53)38(58-5)36(52)24(4)60-42/h7-8,10-11,13-16,19-20,23-24,32-33,36-38,42,52-53H,6,9,12,17-18,21-22,46H2,1-5H3,(H,49,54)(H2,47,50,63)/t24-,32-,33+,36+,37-,38+,42?,45-/m0/s1. The number of fused-ring (bicyclic) bond motifs is 5. The summed E-state index contributed by atoms with van der Waals surface area (Å²) in [6.45, 7) is 7.38. The van der Waals surface area contributed by atoms with Gasteiger partial charge in [0, 0.05) is 29.3 Å². The molecule has 1 fully saturated rings. The molecule has 63 heavy (non-hydrogen) atoms. The van der Waals surface area contributed by atoms with E-state index in [9.17, 15) is 29.4 Å². The molecule has 3 aliphatic rings. The number of thiocarbonyl (C=S) groups is 1. The summed E-state index contributed by atoms with van der Waals surface area (Å²) in [7, 11) is 1.39. The van der Waals surface area contributed by atoms with Crippen LogP contribution in [0.3, 0.4) is 0 Å². The normalized spacial score (nSPS) is 23.4. The maximum absolute atomic E-state index is 14.3. The molecule has 0 radical (unpaired) electrons. The van der Waals surface area contributed by atoms with Crippen molar-refractivity contribution in [2.45, 2.75) is 115 Å². The summed E-state index contributed by atoms with van der Waals surface area (Å²) in [4.78, 5) is 61.1. The first-order valence-electron chi connectivity index (χ1n) is 21.1. The Kier molecular flexibility index (Phi) is 13.8. The molecule has 1 saturated heterocycles. The summed E-state index contributed by atoms with van der Waals surface area (Å²) in [5, 5.41) is 30.9. The Labute approximate surface area is 369 Å². The van der Waals surface area contributed by atoms with E-state index in [1.165, 1.54) is 7.11 Å². The van der Waals surface area contributed by atoms with Gasteiger partial charge in [-0.1, -0.05) is 39.0 Å². The molecule has 4 aromatic rings. The minimum atomic E-state index is -1.97. The molecule has 0 spiro atoms. The topological polar surface area (TPSA) is 235 Å². The highest BCUT2D eigenvalue weighted by Crippen LogP contribution is 2.41. The van der Waals surface area contributed by atoms with E-state index >= 15 is 0 Å². The third kappa shape index (κ3) is 9.28. The van der Waals surface area contributed by atoms with Crippen LogP contribution in [0.2, 0.25) is 0 Å². The first-order chi connectivity index (χ1) is 30.2. The van der Waals surface area contributed by atoms with Crippen LogP contribution in [0.1, 0.15) is 70.1 Å². The van der Waals surface area contributed by atoms with Crippen molar-refractivity contribution in [3.05, 3.63) is 87.7 Å². The number of rotatable bonds is 15. The van der Waals surface area contributed by atoms with Gasteiger partial charge >= 0.3 is 11.9 Å². The molecule has 7 N–H and O–H groups in total. The lowest BCUT2D eigenvalue weighted by atomic mass is 9.85. The molecule has 8 atom stereocenters. The third-order valence-corrected chi connectivity index (χ3v) is 11.9. The summed E-state index contributed by atoms with van der Waals surface area (Å²) in [5.74, 6) is -1.97. The molecular weight excluding hydrogens is 833 g/mol. The predicted octanol–water partition coefficient (Wildman–Crippen LogP) is 3.12. The highest BCUT2D eigenvalue weighted by molar-refractivity contribution is 7.80. The largest absolute Gasteiger partial charge is 0.462 e. The summed E-state index contributed by atoms with van der Waals surface area (Å²) in [6, 6.07) is 15.8. The molecule has 2 aromatic carbocycles. The molecule has 1 unspecified atom stereocenters. The van der Waals surface area contributed by atoms with Crippen LogP contribution in [0.4, 0.5) is 5.69 Å². The van der Waals surface area contributed by atoms with Crippen molar-refractivity contribution in [1.29, 1.82) is 0 Å². The number of ether oxygens (including phenoxy) is 5. The first kappa shape index (κ1) is 45.5. The minimum absolute atomic E-state index is 0.0462. The maximum Gasteiger partial charge on any atom is 0.355 e. The van der Waals surface area contributed by atoms with Gasteiger partial charge in [0.05, 0.1) is 35.1 Å². The van der Waals surface area contributed by atoms with E-state index in [0.29, 0.717) is 29.2 Å². The lowest BCUT2D eigenvalue weighted by Gasteiger charge is -2.40. The zero-order valence-corrected chi connectivity index (χ0v) is 36.6. The number of pyridine rings is 2. The van der Waals surface area contributed by atoms with Gasteiger partial charge in [-0.2, -0.15) is 0 Å². The molecule has 0 saturated carbocycles. The van der Waals surface area contributed by atoms with Crippen molar-refractivity contribution in [1.82, 2.24) is 20.2 Å². The van der Waals surface area contributed by atoms with Crippen LogP contribution in [0.25, 0.3) is 22.3 Å². The average Bonchev–Trinajstić information content (AvgIpc) is 3.62. The summed E-state index contributed by atoms with van der Waals surface area (Å²) < 4.78 is 30.1. The Morgan fingerprint density at radius 1 is 1.06 bits per heavy atom. The molecule has 336 valence electrons. The number of methoxy groups -OCH3 is 1. The Morgan fingerprint density at radius 2 is 1.81 bits per heavy atom. The number of carbonyl (C=O) groups is 3. The first-order valence-corrected chi connectivity index (χ1v) is 21.5. The number of cyclic esters (lactones) is 1. The lowest BCUT2D eigenvalue weighted by molar-refractivity contribution is -0.272. The fourth-order valence-corrected chi connectivity index (χ4v) is 8.58. The van der Waals surface area contributed by atoms with Crippen LogP contribution in [0.5, 0.6) is 5.75 Å². The number of nitrogens with zero attached hydrogens (tertiary/aromatic N) is 2. The van der Waals surface area contributed by atoms with Crippen molar-refractivity contribution in [3.8, 4) is 17.1 Å². The number of esters is 2. The Balaban J connectivity index is 1.06. The van der Waals surface area contributed by atoms with Gasteiger partial charge in [0.2, 0.25) is 17.8 Å². The lowest BCUT2D eigenvalue weighted by Crippen LogP contribution is -2.59. The number of amides is 1. The number of nitrogens with two attached hydrogens (primary N) is 1. The van der Waals surface area contributed by atoms with E-state index in [1.54, 1.807) is 48.7 Å². The SMILES string of the molecule is CC[C@@]1(OC(=O)[C@@H](CC(C)C)NC(=O)[C@H](CCCN)NC(=S)Nc2ccc(OC3O[C@@H](C)[C@@H](O)[C@@H](OC)[C@@H]3O)cc2)C(=O)OCc2c1cc1n(c2=O)Cc2cc3ccccc3nc2-1. The summed E-state index contributed by atoms with van der Waals surface area (Å²) >= 11 is 5.60. The monoisotopic (exact) mass is 886 g/mol. The average molecular weight is 887 g/mol. The smallest absolute Gasteiger partial charge is 0.355 e.